The normalized spacial score (nSPS) is 26.3. The van der Waals surface area contributed by atoms with Crippen LogP contribution in [0, 0.1) is 5.41 Å². The molecule has 2 rings (SSSR count). The second-order valence-corrected chi connectivity index (χ2v) is 6.89. The molecule has 1 unspecified atom stereocenters. The number of carbonyl (C=O) groups is 2. The molecule has 0 aromatic heterocycles. The van der Waals surface area contributed by atoms with Crippen molar-refractivity contribution in [2.75, 3.05) is 27.2 Å². The molecule has 2 fully saturated rings. The van der Waals surface area contributed by atoms with Crippen LogP contribution in [0.4, 0.5) is 0 Å². The maximum Gasteiger partial charge on any atom is 0.310 e. The molecule has 2 aliphatic rings. The van der Waals surface area contributed by atoms with Gasteiger partial charge in [-0.2, -0.15) is 0 Å². The fourth-order valence-electron chi connectivity index (χ4n) is 3.77. The molecule has 1 saturated heterocycles. The highest BCUT2D eigenvalue weighted by Crippen LogP contribution is 2.40. The molecule has 0 spiro atoms. The second kappa shape index (κ2) is 6.77. The summed E-state index contributed by atoms with van der Waals surface area (Å²) in [6.07, 6.45) is 6.52. The Morgan fingerprint density at radius 1 is 1.24 bits per heavy atom. The van der Waals surface area contributed by atoms with E-state index in [0.29, 0.717) is 12.8 Å². The molecule has 1 N–H and O–H groups in total. The zero-order valence-corrected chi connectivity index (χ0v) is 13.3. The van der Waals surface area contributed by atoms with E-state index in [4.69, 9.17) is 0 Å². The van der Waals surface area contributed by atoms with Crippen LogP contribution >= 0.6 is 0 Å². The van der Waals surface area contributed by atoms with Crippen LogP contribution in [0.3, 0.4) is 0 Å². The zero-order chi connectivity index (χ0) is 15.5. The van der Waals surface area contributed by atoms with E-state index < -0.39 is 11.4 Å². The molecule has 120 valence electrons. The van der Waals surface area contributed by atoms with Crippen LogP contribution in [0.25, 0.3) is 0 Å². The molecule has 1 amide bonds. The van der Waals surface area contributed by atoms with E-state index in [2.05, 4.69) is 11.9 Å². The molecule has 5 nitrogen and oxygen atoms in total. The van der Waals surface area contributed by atoms with Gasteiger partial charge in [0.15, 0.2) is 0 Å². The quantitative estimate of drug-likeness (QED) is 0.861. The van der Waals surface area contributed by atoms with E-state index in [9.17, 15) is 14.7 Å². The second-order valence-electron chi connectivity index (χ2n) is 6.89. The first-order valence-corrected chi connectivity index (χ1v) is 8.12. The van der Waals surface area contributed by atoms with Crippen molar-refractivity contribution in [2.24, 2.45) is 5.41 Å². The number of likely N-dealkylation sites (N-methyl/N-ethyl adjacent to an activating group) is 2. The third kappa shape index (κ3) is 3.76. The molecule has 0 bridgehead atoms. The highest BCUT2D eigenvalue weighted by Gasteiger charge is 2.42. The predicted octanol–water partition coefficient (Wildman–Crippen LogP) is 1.96. The Bertz CT molecular complexity index is 391. The van der Waals surface area contributed by atoms with Gasteiger partial charge in [-0.05, 0) is 39.3 Å². The maximum absolute atomic E-state index is 12.6. The van der Waals surface area contributed by atoms with Crippen molar-refractivity contribution in [3.63, 3.8) is 0 Å². The minimum absolute atomic E-state index is 0.000370. The number of carboxylic acids is 1. The third-order valence-electron chi connectivity index (χ3n) is 5.29. The van der Waals surface area contributed by atoms with Gasteiger partial charge in [0, 0.05) is 26.1 Å². The molecule has 1 saturated carbocycles. The summed E-state index contributed by atoms with van der Waals surface area (Å²) >= 11 is 0. The first-order valence-electron chi connectivity index (χ1n) is 8.12. The number of rotatable bonds is 4. The lowest BCUT2D eigenvalue weighted by molar-refractivity contribution is -0.156. The van der Waals surface area contributed by atoms with Crippen LogP contribution in [0.1, 0.15) is 51.4 Å². The van der Waals surface area contributed by atoms with Gasteiger partial charge in [0.2, 0.25) is 5.91 Å². The molecule has 5 heteroatoms. The summed E-state index contributed by atoms with van der Waals surface area (Å²) in [6, 6.07) is 0.227. The number of nitrogens with zero attached hydrogens (tertiary/aromatic N) is 2. The van der Waals surface area contributed by atoms with Gasteiger partial charge < -0.3 is 14.9 Å². The number of likely N-dealkylation sites (tertiary alicyclic amines) is 1. The summed E-state index contributed by atoms with van der Waals surface area (Å²) in [7, 11) is 3.91. The van der Waals surface area contributed by atoms with E-state index in [-0.39, 0.29) is 18.4 Å². The number of aliphatic carboxylic acids is 1. The lowest BCUT2D eigenvalue weighted by Crippen LogP contribution is -2.49. The number of hydrogen-bond acceptors (Lipinski definition) is 3. The molecule has 1 aliphatic carbocycles. The van der Waals surface area contributed by atoms with E-state index in [1.54, 1.807) is 4.90 Å². The van der Waals surface area contributed by atoms with Crippen molar-refractivity contribution in [3.8, 4) is 0 Å². The van der Waals surface area contributed by atoms with Gasteiger partial charge in [0.05, 0.1) is 5.41 Å². The van der Waals surface area contributed by atoms with Crippen molar-refractivity contribution >= 4 is 11.9 Å². The summed E-state index contributed by atoms with van der Waals surface area (Å²) in [4.78, 5) is 28.3. The van der Waals surface area contributed by atoms with Crippen molar-refractivity contribution < 1.29 is 14.7 Å². The lowest BCUT2D eigenvalue weighted by Gasteiger charge is -2.38. The van der Waals surface area contributed by atoms with Crippen molar-refractivity contribution in [3.05, 3.63) is 0 Å². The van der Waals surface area contributed by atoms with E-state index in [1.165, 1.54) is 0 Å². The zero-order valence-electron chi connectivity index (χ0n) is 13.3. The minimum atomic E-state index is -0.815. The summed E-state index contributed by atoms with van der Waals surface area (Å²) in [5.41, 5.74) is -0.815. The molecule has 0 aromatic rings. The molecule has 0 radical (unpaired) electrons. The first-order chi connectivity index (χ1) is 9.94. The van der Waals surface area contributed by atoms with Gasteiger partial charge in [-0.1, -0.05) is 19.3 Å². The lowest BCUT2D eigenvalue weighted by atomic mass is 9.71. The molecular weight excluding hydrogens is 268 g/mol. The van der Waals surface area contributed by atoms with Crippen LogP contribution in [-0.2, 0) is 9.59 Å². The highest BCUT2D eigenvalue weighted by atomic mass is 16.4. The number of hydrogen-bond donors (Lipinski definition) is 1. The number of carboxylic acid groups (broad SMARTS) is 1. The van der Waals surface area contributed by atoms with Crippen LogP contribution in [0.2, 0.25) is 0 Å². The topological polar surface area (TPSA) is 60.9 Å². The number of amides is 1. The van der Waals surface area contributed by atoms with Crippen LogP contribution < -0.4 is 0 Å². The average Bonchev–Trinajstić information content (AvgIpc) is 2.47. The van der Waals surface area contributed by atoms with Crippen LogP contribution in [0.5, 0.6) is 0 Å². The van der Waals surface area contributed by atoms with Gasteiger partial charge >= 0.3 is 5.97 Å². The summed E-state index contributed by atoms with van der Waals surface area (Å²) in [5.74, 6) is -0.788. The maximum atomic E-state index is 12.6. The standard InChI is InChI=1S/C16H28N2O3/c1-17-10-6-7-13(12-17)18(2)14(19)11-16(15(20)21)8-4-3-5-9-16/h13H,3-12H2,1-2H3,(H,20,21). The van der Waals surface area contributed by atoms with Gasteiger partial charge in [0.1, 0.15) is 0 Å². The van der Waals surface area contributed by atoms with Crippen molar-refractivity contribution in [2.45, 2.75) is 57.4 Å². The Hall–Kier alpha value is -1.10. The summed E-state index contributed by atoms with van der Waals surface area (Å²) in [5, 5.41) is 9.59. The SMILES string of the molecule is CN1CCCC(N(C)C(=O)CC2(C(=O)O)CCCCC2)C1. The molecular formula is C16H28N2O3. The predicted molar refractivity (Wildman–Crippen MR) is 81.1 cm³/mol. The van der Waals surface area contributed by atoms with Crippen molar-refractivity contribution in [1.29, 1.82) is 0 Å². The fourth-order valence-corrected chi connectivity index (χ4v) is 3.77. The molecule has 1 heterocycles. The molecule has 1 aliphatic heterocycles. The monoisotopic (exact) mass is 296 g/mol. The minimum Gasteiger partial charge on any atom is -0.481 e. The van der Waals surface area contributed by atoms with Gasteiger partial charge in [0.25, 0.3) is 0 Å². The van der Waals surface area contributed by atoms with Gasteiger partial charge in [-0.25, -0.2) is 0 Å². The Kier molecular flexibility index (Phi) is 5.25. The average molecular weight is 296 g/mol. The Morgan fingerprint density at radius 2 is 1.90 bits per heavy atom. The summed E-state index contributed by atoms with van der Waals surface area (Å²) in [6.45, 7) is 1.97. The molecule has 1 atom stereocenters. The number of carbonyl (C=O) groups excluding carboxylic acids is 1. The third-order valence-corrected chi connectivity index (χ3v) is 5.29. The van der Waals surface area contributed by atoms with E-state index >= 15 is 0 Å². The highest BCUT2D eigenvalue weighted by molar-refractivity contribution is 5.85. The van der Waals surface area contributed by atoms with E-state index in [1.807, 2.05) is 7.05 Å². The van der Waals surface area contributed by atoms with Crippen LogP contribution in [-0.4, -0.2) is 60.0 Å². The van der Waals surface area contributed by atoms with Crippen LogP contribution in [0.15, 0.2) is 0 Å². The van der Waals surface area contributed by atoms with E-state index in [0.717, 1.165) is 45.2 Å². The molecule has 0 aromatic carbocycles. The fraction of sp³-hybridized carbons (Fsp3) is 0.875. The van der Waals surface area contributed by atoms with Gasteiger partial charge in [-0.15, -0.1) is 0 Å². The Morgan fingerprint density at radius 3 is 2.48 bits per heavy atom. The smallest absolute Gasteiger partial charge is 0.310 e. The molecule has 21 heavy (non-hydrogen) atoms. The number of piperidine rings is 1. The first kappa shape index (κ1) is 16.3. The van der Waals surface area contributed by atoms with Gasteiger partial charge in [-0.3, -0.25) is 9.59 Å². The Balaban J connectivity index is 1.99. The van der Waals surface area contributed by atoms with Crippen molar-refractivity contribution in [1.82, 2.24) is 9.80 Å². The largest absolute Gasteiger partial charge is 0.481 e. The summed E-state index contributed by atoms with van der Waals surface area (Å²) < 4.78 is 0. The Labute approximate surface area is 127 Å².